The van der Waals surface area contributed by atoms with Crippen LogP contribution in [-0.4, -0.2) is 27.0 Å². The highest BCUT2D eigenvalue weighted by Gasteiger charge is 2.25. The van der Waals surface area contributed by atoms with Crippen molar-refractivity contribution in [2.75, 3.05) is 0 Å². The van der Waals surface area contributed by atoms with E-state index in [2.05, 4.69) is 9.97 Å². The molecular weight excluding hydrogens is 192 g/mol. The third-order valence-electron chi connectivity index (χ3n) is 2.58. The minimum absolute atomic E-state index is 0.000457. The van der Waals surface area contributed by atoms with Crippen molar-refractivity contribution >= 4 is 5.78 Å². The summed E-state index contributed by atoms with van der Waals surface area (Å²) in [6.45, 7) is 3.92. The van der Waals surface area contributed by atoms with Gasteiger partial charge in [-0.05, 0) is 5.92 Å². The molecule has 1 heterocycles. The molecule has 1 aromatic heterocycles. The molecule has 82 valence electrons. The number of Topliss-reactive ketones (excluding diaryl/α,β-unsaturated/α-hetero) is 1. The maximum absolute atomic E-state index is 11.8. The maximum atomic E-state index is 11.8. The lowest BCUT2D eigenvalue weighted by molar-refractivity contribution is 0.0582. The van der Waals surface area contributed by atoms with Gasteiger partial charge in [-0.1, -0.05) is 26.7 Å². The second-order valence-electron chi connectivity index (χ2n) is 3.48. The first kappa shape index (κ1) is 11.8. The molecule has 15 heavy (non-hydrogen) atoms. The predicted octanol–water partition coefficient (Wildman–Crippen LogP) is 1.46. The lowest BCUT2D eigenvalue weighted by atomic mass is 9.93. The van der Waals surface area contributed by atoms with E-state index in [-0.39, 0.29) is 17.4 Å². The normalized spacial score (nSPS) is 12.8. The van der Waals surface area contributed by atoms with Crippen LogP contribution in [0.25, 0.3) is 0 Å². The van der Waals surface area contributed by atoms with Crippen molar-refractivity contribution in [3.63, 3.8) is 0 Å². The number of ketones is 1. The zero-order chi connectivity index (χ0) is 11.3. The van der Waals surface area contributed by atoms with Crippen LogP contribution in [0.15, 0.2) is 18.6 Å². The van der Waals surface area contributed by atoms with Crippen molar-refractivity contribution in [1.82, 2.24) is 9.97 Å². The molecule has 1 aromatic rings. The minimum Gasteiger partial charge on any atom is -0.385 e. The molecule has 0 amide bonds. The van der Waals surface area contributed by atoms with E-state index >= 15 is 0 Å². The number of carbonyl (C=O) groups is 1. The third kappa shape index (κ3) is 2.83. The van der Waals surface area contributed by atoms with Crippen molar-refractivity contribution in [3.8, 4) is 0 Å². The first-order chi connectivity index (χ1) is 7.20. The molecule has 1 unspecified atom stereocenters. The number of nitrogens with zero attached hydrogens (tertiary/aromatic N) is 2. The van der Waals surface area contributed by atoms with Gasteiger partial charge in [0.2, 0.25) is 5.78 Å². The highest BCUT2D eigenvalue weighted by molar-refractivity contribution is 5.97. The zero-order valence-electron chi connectivity index (χ0n) is 9.05. The largest absolute Gasteiger partial charge is 0.385 e. The fraction of sp³-hybridized carbons (Fsp3) is 0.545. The number of aromatic nitrogens is 2. The topological polar surface area (TPSA) is 63.1 Å². The lowest BCUT2D eigenvalue weighted by Crippen LogP contribution is -2.29. The van der Waals surface area contributed by atoms with Gasteiger partial charge in [-0.2, -0.15) is 0 Å². The van der Waals surface area contributed by atoms with Gasteiger partial charge >= 0.3 is 0 Å². The standard InChI is InChI=1S/C11H16N2O2/c1-3-8(4-2)10(14)11(15)9-7-12-5-6-13-9/h5-8,10,14H,3-4H2,1-2H3. The van der Waals surface area contributed by atoms with Crippen LogP contribution >= 0.6 is 0 Å². The molecule has 1 rings (SSSR count). The zero-order valence-corrected chi connectivity index (χ0v) is 9.05. The van der Waals surface area contributed by atoms with E-state index < -0.39 is 6.10 Å². The smallest absolute Gasteiger partial charge is 0.211 e. The van der Waals surface area contributed by atoms with E-state index in [1.807, 2.05) is 13.8 Å². The number of hydrogen-bond acceptors (Lipinski definition) is 4. The van der Waals surface area contributed by atoms with Gasteiger partial charge in [0, 0.05) is 12.4 Å². The third-order valence-corrected chi connectivity index (χ3v) is 2.58. The monoisotopic (exact) mass is 208 g/mol. The molecule has 0 fully saturated rings. The summed E-state index contributed by atoms with van der Waals surface area (Å²) in [7, 11) is 0. The molecule has 0 bridgehead atoms. The average Bonchev–Trinajstić information content (AvgIpc) is 2.30. The van der Waals surface area contributed by atoms with Gasteiger partial charge in [0.25, 0.3) is 0 Å². The van der Waals surface area contributed by atoms with Gasteiger partial charge in [0.1, 0.15) is 11.8 Å². The number of hydrogen-bond donors (Lipinski definition) is 1. The van der Waals surface area contributed by atoms with E-state index in [1.165, 1.54) is 18.6 Å². The van der Waals surface area contributed by atoms with Crippen LogP contribution in [0.4, 0.5) is 0 Å². The fourth-order valence-electron chi connectivity index (χ4n) is 1.53. The van der Waals surface area contributed by atoms with Gasteiger partial charge in [0.15, 0.2) is 0 Å². The van der Waals surface area contributed by atoms with Crippen LogP contribution in [-0.2, 0) is 0 Å². The second-order valence-corrected chi connectivity index (χ2v) is 3.48. The quantitative estimate of drug-likeness (QED) is 0.744. The van der Waals surface area contributed by atoms with E-state index in [4.69, 9.17) is 0 Å². The van der Waals surface area contributed by atoms with Gasteiger partial charge in [-0.3, -0.25) is 9.78 Å². The summed E-state index contributed by atoms with van der Waals surface area (Å²) in [4.78, 5) is 19.4. The molecule has 0 aliphatic rings. The van der Waals surface area contributed by atoms with Crippen LogP contribution in [0, 0.1) is 5.92 Å². The highest BCUT2D eigenvalue weighted by Crippen LogP contribution is 2.16. The Morgan fingerprint density at radius 3 is 2.53 bits per heavy atom. The second kappa shape index (κ2) is 5.56. The Morgan fingerprint density at radius 2 is 2.07 bits per heavy atom. The molecule has 4 nitrogen and oxygen atoms in total. The van der Waals surface area contributed by atoms with E-state index in [0.717, 1.165) is 12.8 Å². The summed E-state index contributed by atoms with van der Waals surface area (Å²) >= 11 is 0. The average molecular weight is 208 g/mol. The Kier molecular flexibility index (Phi) is 4.37. The van der Waals surface area contributed by atoms with Crippen LogP contribution in [0.2, 0.25) is 0 Å². The van der Waals surface area contributed by atoms with Gasteiger partial charge in [-0.25, -0.2) is 4.98 Å². The number of aliphatic hydroxyl groups excluding tert-OH is 1. The summed E-state index contributed by atoms with van der Waals surface area (Å²) in [5.74, 6) is -0.337. The molecule has 1 N–H and O–H groups in total. The Balaban J connectivity index is 2.77. The van der Waals surface area contributed by atoms with Gasteiger partial charge < -0.3 is 5.11 Å². The van der Waals surface area contributed by atoms with E-state index in [1.54, 1.807) is 0 Å². The lowest BCUT2D eigenvalue weighted by Gasteiger charge is -2.17. The van der Waals surface area contributed by atoms with Crippen molar-refractivity contribution in [1.29, 1.82) is 0 Å². The molecule has 1 atom stereocenters. The van der Waals surface area contributed by atoms with E-state index in [0.29, 0.717) is 0 Å². The van der Waals surface area contributed by atoms with Crippen molar-refractivity contribution in [2.24, 2.45) is 5.92 Å². The summed E-state index contributed by atoms with van der Waals surface area (Å²) < 4.78 is 0. The first-order valence-electron chi connectivity index (χ1n) is 5.19. The Bertz CT molecular complexity index is 310. The highest BCUT2D eigenvalue weighted by atomic mass is 16.3. The number of aliphatic hydroxyl groups is 1. The van der Waals surface area contributed by atoms with Crippen LogP contribution in [0.1, 0.15) is 37.2 Å². The Hall–Kier alpha value is -1.29. The van der Waals surface area contributed by atoms with Crippen molar-refractivity contribution in [2.45, 2.75) is 32.8 Å². The summed E-state index contributed by atoms with van der Waals surface area (Å²) in [5, 5.41) is 9.81. The Morgan fingerprint density at radius 1 is 1.40 bits per heavy atom. The molecular formula is C11H16N2O2. The molecule has 0 aromatic carbocycles. The molecule has 0 saturated carbocycles. The minimum atomic E-state index is -0.961. The van der Waals surface area contributed by atoms with Crippen LogP contribution in [0.3, 0.4) is 0 Å². The number of rotatable bonds is 5. The molecule has 0 saturated heterocycles. The van der Waals surface area contributed by atoms with Crippen molar-refractivity contribution < 1.29 is 9.90 Å². The SMILES string of the molecule is CCC(CC)C(O)C(=O)c1cnccn1. The molecule has 4 heteroatoms. The van der Waals surface area contributed by atoms with E-state index in [9.17, 15) is 9.90 Å². The molecule has 0 spiro atoms. The Labute approximate surface area is 89.4 Å². The fourth-order valence-corrected chi connectivity index (χ4v) is 1.53. The number of carbonyl (C=O) groups excluding carboxylic acids is 1. The molecule has 0 aliphatic heterocycles. The molecule has 0 radical (unpaired) electrons. The summed E-state index contributed by atoms with van der Waals surface area (Å²) in [5.41, 5.74) is 0.233. The first-order valence-corrected chi connectivity index (χ1v) is 5.19. The summed E-state index contributed by atoms with van der Waals surface area (Å²) in [6, 6.07) is 0. The van der Waals surface area contributed by atoms with Gasteiger partial charge in [-0.15, -0.1) is 0 Å². The van der Waals surface area contributed by atoms with Crippen LogP contribution in [0.5, 0.6) is 0 Å². The van der Waals surface area contributed by atoms with Crippen molar-refractivity contribution in [3.05, 3.63) is 24.3 Å². The molecule has 0 aliphatic carbocycles. The maximum Gasteiger partial charge on any atom is 0.211 e. The van der Waals surface area contributed by atoms with Gasteiger partial charge in [0.05, 0.1) is 6.20 Å². The predicted molar refractivity (Wildman–Crippen MR) is 56.4 cm³/mol. The summed E-state index contributed by atoms with van der Waals surface area (Å²) in [6.07, 6.45) is 4.94. The van der Waals surface area contributed by atoms with Crippen LogP contribution < -0.4 is 0 Å².